The highest BCUT2D eigenvalue weighted by Crippen LogP contribution is 2.35. The summed E-state index contributed by atoms with van der Waals surface area (Å²) < 4.78 is 10.9. The molecule has 0 bridgehead atoms. The fourth-order valence-electron chi connectivity index (χ4n) is 15.5. The van der Waals surface area contributed by atoms with E-state index in [1.54, 1.807) is 56.4 Å². The van der Waals surface area contributed by atoms with Crippen LogP contribution in [0.15, 0.2) is 101 Å². The number of aryl methyl sites for hydroxylation is 2. The molecule has 128 heavy (non-hydrogen) atoms. The summed E-state index contributed by atoms with van der Waals surface area (Å²) in [4.78, 5) is 184. The quantitative estimate of drug-likeness (QED) is 0.0310. The van der Waals surface area contributed by atoms with Crippen molar-refractivity contribution in [2.24, 2.45) is 96.1 Å². The van der Waals surface area contributed by atoms with Crippen molar-refractivity contribution in [3.05, 3.63) is 191 Å². The van der Waals surface area contributed by atoms with Gasteiger partial charge in [-0.05, 0) is 171 Å². The number of H-pyrrole nitrogens is 8. The molecule has 43 heteroatoms. The van der Waals surface area contributed by atoms with Crippen LogP contribution in [0.5, 0.6) is 0 Å². The number of allylic oxidation sites excluding steroid dienone is 2. The van der Waals surface area contributed by atoms with E-state index in [2.05, 4.69) is 125 Å². The highest BCUT2D eigenvalue weighted by Gasteiger charge is 2.31. The number of aromatic nitrogens is 16. The molecule has 1 aliphatic carbocycles. The van der Waals surface area contributed by atoms with E-state index in [1.165, 1.54) is 141 Å². The highest BCUT2D eigenvalue weighted by atomic mass is 32.2. The lowest BCUT2D eigenvalue weighted by Crippen LogP contribution is -2.38. The molecule has 8 aromatic heterocycles. The highest BCUT2D eigenvalue weighted by molar-refractivity contribution is 8.14. The van der Waals surface area contributed by atoms with Crippen LogP contribution in [0.2, 0.25) is 0 Å². The van der Waals surface area contributed by atoms with Gasteiger partial charge in [0.15, 0.2) is 19.1 Å². The molecule has 0 spiro atoms. The number of nitrogens with one attached hydrogen (secondary N) is 8. The Hall–Kier alpha value is -9.89. The molecule has 1 saturated heterocycles. The number of aromatic amines is 8. The summed E-state index contributed by atoms with van der Waals surface area (Å²) >= 11 is 26.2. The molecular weight excluding hydrogens is 1790 g/mol. The summed E-state index contributed by atoms with van der Waals surface area (Å²) in [6.45, 7) is 17.7. The van der Waals surface area contributed by atoms with Crippen LogP contribution >= 0.6 is 95.9 Å². The second-order valence-corrected chi connectivity index (χ2v) is 38.7. The lowest BCUT2D eigenvalue weighted by molar-refractivity contribution is -0.114. The Labute approximate surface area is 774 Å². The Morgan fingerprint density at radius 2 is 0.883 bits per heavy atom. The first-order valence-corrected chi connectivity index (χ1v) is 48.2. The van der Waals surface area contributed by atoms with Gasteiger partial charge in [0.1, 0.15) is 46.5 Å². The van der Waals surface area contributed by atoms with Gasteiger partial charge in [0.2, 0.25) is 0 Å². The van der Waals surface area contributed by atoms with Gasteiger partial charge in [-0.25, -0.2) is 49.3 Å². The van der Waals surface area contributed by atoms with Gasteiger partial charge >= 0.3 is 17.1 Å². The maximum atomic E-state index is 12.1. The lowest BCUT2D eigenvalue weighted by Gasteiger charge is -2.25. The summed E-state index contributed by atoms with van der Waals surface area (Å²) in [5.41, 5.74) is 9.06. The summed E-state index contributed by atoms with van der Waals surface area (Å²) in [5.74, 6) is 8.55. The molecule has 2 fully saturated rings. The molecule has 0 amide bonds. The van der Waals surface area contributed by atoms with Gasteiger partial charge in [-0.3, -0.25) is 90.4 Å². The molecule has 8 N–H and O–H groups in total. The Bertz CT molecular complexity index is 6780. The van der Waals surface area contributed by atoms with E-state index in [0.29, 0.717) is 157 Å². The van der Waals surface area contributed by atoms with Crippen LogP contribution in [0.25, 0.3) is 0 Å². The predicted octanol–water partition coefficient (Wildman–Crippen LogP) is 12.0. The van der Waals surface area contributed by atoms with Crippen molar-refractivity contribution in [2.75, 3.05) is 36.9 Å². The Balaban J connectivity index is 0.000000145. The van der Waals surface area contributed by atoms with Crippen molar-refractivity contribution >= 4 is 180 Å². The summed E-state index contributed by atoms with van der Waals surface area (Å²) in [6.07, 6.45) is 22.8. The van der Waals surface area contributed by atoms with E-state index in [4.69, 9.17) is 48.9 Å². The number of Topliss-reactive ketones (excluding diaryl/α,β-unsaturated/α-hetero) is 1. The molecule has 0 unspecified atom stereocenters. The number of fused-ring (bicyclic) bond motifs is 7. The molecule has 9 aliphatic rings. The van der Waals surface area contributed by atoms with E-state index in [-0.39, 0.29) is 66.5 Å². The molecule has 8 aliphatic heterocycles. The number of likely N-dealkylation sites (tertiary alicyclic amines) is 1. The van der Waals surface area contributed by atoms with Gasteiger partial charge in [0.05, 0.1) is 70.6 Å². The third-order valence-electron chi connectivity index (χ3n) is 22.6. The molecule has 0 radical (unpaired) electrons. The van der Waals surface area contributed by atoms with Gasteiger partial charge in [-0.2, -0.15) is 5.10 Å². The average molecular weight is 1900 g/mol. The van der Waals surface area contributed by atoms with Gasteiger partial charge in [0.25, 0.3) is 38.9 Å². The van der Waals surface area contributed by atoms with Crippen LogP contribution in [-0.4, -0.2) is 162 Å². The smallest absolute Gasteiger partial charge is 0.317 e. The molecule has 35 nitrogen and oxygen atoms in total. The van der Waals surface area contributed by atoms with Gasteiger partial charge < -0.3 is 24.8 Å². The molecule has 8 aromatic rings. The molecule has 684 valence electrons. The number of carbonyl (C=O) groups excluding carboxylic acids is 1. The van der Waals surface area contributed by atoms with Crippen LogP contribution in [0.1, 0.15) is 182 Å². The van der Waals surface area contributed by atoms with Crippen molar-refractivity contribution < 1.29 is 4.79 Å². The third kappa shape index (κ3) is 25.2. The Kier molecular flexibility index (Phi) is 34.8. The van der Waals surface area contributed by atoms with Crippen LogP contribution in [0, 0.1) is 37.8 Å². The molecule has 16 heterocycles. The number of carbonyl (C=O) groups is 1. The minimum Gasteiger partial charge on any atom is -0.317 e. The van der Waals surface area contributed by atoms with E-state index < -0.39 is 0 Å². The maximum Gasteiger partial charge on any atom is 0.332 e. The maximum absolute atomic E-state index is 12.1. The lowest BCUT2D eigenvalue weighted by atomic mass is 9.84. The van der Waals surface area contributed by atoms with E-state index in [0.717, 1.165) is 107 Å². The second kappa shape index (κ2) is 45.1. The first-order valence-electron chi connectivity index (χ1n) is 42.6. The number of aliphatic imine (C=N–C) groups is 7. The number of nitrogens with zero attached hydrogens (tertiary/aromatic N) is 16. The van der Waals surface area contributed by atoms with Gasteiger partial charge in [-0.1, -0.05) is 64.5 Å². The largest absolute Gasteiger partial charge is 0.332 e. The summed E-state index contributed by atoms with van der Waals surface area (Å²) in [7, 11) is 11.4. The van der Waals surface area contributed by atoms with Gasteiger partial charge in [-0.15, -0.1) is 47.0 Å². The zero-order chi connectivity index (χ0) is 92.6. The topological polar surface area (TPSA) is 451 Å². The standard InChI is InChI=1S/C16H23N3OS2.C14H19N3O2.C13H18N4OS2.C12H13N5OS2.C11H15N3O2.C10H13N3O2.C9H9N3O2S2/c1-10(2)5-4-6-11(3)7-8-22-13-9-12-14(17-13)18-16(21)19-15(12)20;1-16-12-10(13(18)17(2)14(16)19)8-11(15-12)9-6-4-3-5-7-9;18-12-9-8-10(14-11(9)15-13(19)16-12)20-7-6-17-4-2-1-3-5-17;1-6-3-7(17(2)16-6)5-20-9-4-8-10(13-9)14-12(19)15-11(8)18;1-4-5-7-6-8-9(12-7)13(2)11(16)14(3)10(8)15;1-4-6-5-7-8(11-6)12(2)10(15)13(3)9(7)14;1-4(13)3-16-6-2-5-7(10-6)11-9(15)12-8(5)14/h5,11H,4,6-9H2,1-3H3,(H2,18,19,20,21);9H,3-8H2,1-2H3;1-8H2,(H2,15,16,18,19);3H,4-5H2,1-2H3,(H2,14,15,18,19);4-6H2,1-3H3;4-5H2,1-3H3;2-3H2,1H3,(H2,11,12,14,15)/t11-;;;;;;/m1....../s1. The minimum atomic E-state index is -0.320. The Morgan fingerprint density at radius 3 is 1.30 bits per heavy atom. The number of thioether (sulfide) groups is 4. The fraction of sp³-hybridized carbons (Fsp3) is 0.518. The predicted molar refractivity (Wildman–Crippen MR) is 527 cm³/mol. The number of ketones is 1. The molecule has 1 atom stereocenters. The van der Waals surface area contributed by atoms with Crippen molar-refractivity contribution in [1.29, 1.82) is 0 Å². The normalized spacial score (nSPS) is 15.4. The Morgan fingerprint density at radius 1 is 0.477 bits per heavy atom. The van der Waals surface area contributed by atoms with Crippen LogP contribution in [-0.2, 0) is 105 Å². The number of rotatable bonds is 17. The molecule has 0 aromatic carbocycles. The summed E-state index contributed by atoms with van der Waals surface area (Å²) in [6, 6.07) is 2.05. The van der Waals surface area contributed by atoms with E-state index in [9.17, 15) is 52.7 Å². The zero-order valence-electron chi connectivity index (χ0n) is 74.5. The third-order valence-corrected chi connectivity index (χ3v) is 27.5. The first kappa shape index (κ1) is 98.7. The van der Waals surface area contributed by atoms with Crippen LogP contribution in [0.4, 0.5) is 40.7 Å². The number of hydrogen-bond donors (Lipinski definition) is 8. The van der Waals surface area contributed by atoms with E-state index in [1.807, 2.05) is 25.6 Å². The van der Waals surface area contributed by atoms with Crippen molar-refractivity contribution in [3.8, 4) is 0 Å². The van der Waals surface area contributed by atoms with Crippen LogP contribution in [0.3, 0.4) is 0 Å². The van der Waals surface area contributed by atoms with Crippen LogP contribution < -0.4 is 56.0 Å². The zero-order valence-corrected chi connectivity index (χ0v) is 81.1. The SMILES string of the molecule is CC(=O)CSC1=Nc2[nH]c(=S)[nH]c(=O)c2C1.CC(C)=CCC[C@@H](C)CCSC1=Nc2[nH]c(=S)[nH]c(=O)c2C1.CCC1=Nc2c(c(=O)n(C)c(=O)n2C)C1.CCCC1=Nc2c(c(=O)n(C)c(=O)n2C)C1.Cc1cc(CSC2=Nc3[nH]c(=S)[nH]c(=O)c3C2)n(C)n1.Cn1c2c(c(=O)n(C)c1=O)CC(C1CCCCC1)=N2.O=c1[nH]c(=S)[nH]c2c1CC(SCCN1CCCCC1)=N2. The molecule has 1 saturated carbocycles. The van der Waals surface area contributed by atoms with Crippen molar-refractivity contribution in [1.82, 2.24) is 82.0 Å². The first-order chi connectivity index (χ1) is 61.0. The fourth-order valence-corrected chi connectivity index (χ4v) is 20.1. The number of hydrogen-bond acceptors (Lipinski definition) is 28. The van der Waals surface area contributed by atoms with Crippen molar-refractivity contribution in [2.45, 2.75) is 189 Å². The van der Waals surface area contributed by atoms with E-state index >= 15 is 0 Å². The summed E-state index contributed by atoms with van der Waals surface area (Å²) in [5, 5.41) is 8.02. The van der Waals surface area contributed by atoms with Crippen molar-refractivity contribution in [3.63, 3.8) is 0 Å². The second-order valence-electron chi connectivity index (χ2n) is 32.7. The minimum absolute atomic E-state index is 0.0884. The molecular formula is C85H110N24O11S8. The average Bonchev–Trinajstić information content (AvgIpc) is 1.61. The monoisotopic (exact) mass is 1900 g/mol. The molecule has 17 rings (SSSR count). The number of piperidine rings is 1. The van der Waals surface area contributed by atoms with Gasteiger partial charge in [0, 0.05) is 135 Å².